The Balaban J connectivity index is 0.000000474. The van der Waals surface area contributed by atoms with Crippen molar-refractivity contribution in [3.63, 3.8) is 0 Å². The zero-order valence-electron chi connectivity index (χ0n) is 60.6. The van der Waals surface area contributed by atoms with Crippen LogP contribution >= 0.6 is 134 Å². The number of benzene rings is 8. The van der Waals surface area contributed by atoms with E-state index in [0.717, 1.165) is 39.2 Å². The average Bonchev–Trinajstić information content (AvgIpc) is 0.849. The van der Waals surface area contributed by atoms with E-state index in [-0.39, 0.29) is 70.6 Å². The Morgan fingerprint density at radius 2 is 0.578 bits per heavy atom. The van der Waals surface area contributed by atoms with Crippen molar-refractivity contribution in [3.05, 3.63) is 190 Å². The van der Waals surface area contributed by atoms with Gasteiger partial charge in [0.2, 0.25) is 0 Å². The monoisotopic (exact) mass is 1670 g/mol. The zero-order chi connectivity index (χ0) is 73.2. The number of aliphatic hydroxyl groups is 1. The standard InChI is InChI=1S/C26H28O4S4.C25H28O3S4.C9H11BrS2.C8H8O4.C6H14O4.Al.Na.2H/c1-28-26(27)19-10-20(29-15-17-6-22(31-2)13-23(7-17)32-3)12-21(11-19)30-16-18-8-24(33-4)14-25(9-18)34-5;1-29-22-7-18(8-23(12-22)30-2)15-27-20-5-17(14-26)6-21(11-20)28-16-19-9-24(31-3)13-25(10-19)32-4;1-11-8-3-7(6-10)4-9(5-8)12-2;1-12-8(11)5-2-6(9)4-7(10)3-5;1-7-3-5-9-10-6-4-8-2;;;;/h6-14H,15-16H2,1-5H3;5-13,26H,14-16H2,1-4H3;3-5H,6H2,1-2H3;2-4,9-10H,1H3;3-6H2,1-2H3;;;;. The van der Waals surface area contributed by atoms with Crippen LogP contribution in [0, 0.1) is 0 Å². The van der Waals surface area contributed by atoms with Crippen LogP contribution in [0.15, 0.2) is 195 Å². The molecule has 0 saturated heterocycles. The molecule has 3 N–H and O–H groups in total. The molecule has 0 atom stereocenters. The molecule has 8 aromatic carbocycles. The van der Waals surface area contributed by atoms with Gasteiger partial charge in [0, 0.05) is 116 Å². The molecule has 0 amide bonds. The van der Waals surface area contributed by atoms with E-state index in [1.54, 1.807) is 144 Å². The van der Waals surface area contributed by atoms with Crippen LogP contribution in [0.5, 0.6) is 34.5 Å². The quantitative estimate of drug-likeness (QED) is 0.00670. The van der Waals surface area contributed by atoms with Crippen LogP contribution in [0.2, 0.25) is 0 Å². The first kappa shape index (κ1) is 94.9. The maximum atomic E-state index is 12.3. The van der Waals surface area contributed by atoms with Crippen molar-refractivity contribution in [3.8, 4) is 34.5 Å². The molecule has 8 rings (SSSR count). The van der Waals surface area contributed by atoms with E-state index in [9.17, 15) is 14.7 Å². The molecule has 0 heterocycles. The number of carbonyl (C=O) groups excluding carboxylic acids is 2. The number of aliphatic hydroxyl groups excluding tert-OH is 1. The molecule has 8 aromatic rings. The first-order chi connectivity index (χ1) is 48.4. The van der Waals surface area contributed by atoms with Crippen LogP contribution in [-0.4, -0.2) is 192 Å². The van der Waals surface area contributed by atoms with Gasteiger partial charge in [-0.05, 0) is 223 Å². The molecule has 0 aromatic heterocycles. The molecule has 0 bridgehead atoms. The number of hydrogen-bond donors (Lipinski definition) is 3. The summed E-state index contributed by atoms with van der Waals surface area (Å²) in [5.41, 5.74) is 7.01. The van der Waals surface area contributed by atoms with Gasteiger partial charge in [-0.1, -0.05) is 15.9 Å². The number of alkyl halides is 1. The van der Waals surface area contributed by atoms with Gasteiger partial charge in [-0.15, -0.1) is 118 Å². The van der Waals surface area contributed by atoms with E-state index in [1.807, 2.05) is 24.3 Å². The van der Waals surface area contributed by atoms with Crippen molar-refractivity contribution in [1.29, 1.82) is 0 Å². The van der Waals surface area contributed by atoms with E-state index in [1.165, 1.54) is 80.9 Å². The van der Waals surface area contributed by atoms with Gasteiger partial charge in [-0.3, -0.25) is 0 Å². The smallest absolute Gasteiger partial charge is 0.338 e. The topological polar surface area (TPSA) is 187 Å². The summed E-state index contributed by atoms with van der Waals surface area (Å²) >= 11 is 20.8. The van der Waals surface area contributed by atoms with Gasteiger partial charge >= 0.3 is 11.9 Å². The summed E-state index contributed by atoms with van der Waals surface area (Å²) in [5.74, 6) is 1.12. The number of rotatable bonds is 33. The van der Waals surface area contributed by atoms with Crippen molar-refractivity contribution >= 4 is 192 Å². The molecule has 548 valence electrons. The minimum absolute atomic E-state index is 0. The molecule has 0 saturated carbocycles. The number of hydrogen-bond acceptors (Lipinski definition) is 25. The number of esters is 2. The predicted octanol–water partition coefficient (Wildman–Crippen LogP) is 18.6. The Labute approximate surface area is 686 Å². The predicted molar refractivity (Wildman–Crippen MR) is 441 cm³/mol. The summed E-state index contributed by atoms with van der Waals surface area (Å²) < 4.78 is 43.1. The Bertz CT molecular complexity index is 3450. The number of phenolic OH excluding ortho intramolecular Hbond substituents is 2. The molecule has 0 unspecified atom stereocenters. The largest absolute Gasteiger partial charge is 0.508 e. The molecule has 28 heteroatoms. The number of phenols is 2. The number of methoxy groups -OCH3 is 4. The second-order valence-corrected chi connectivity index (χ2v) is 29.8. The van der Waals surface area contributed by atoms with Crippen LogP contribution < -0.4 is 18.9 Å². The number of thioether (sulfide) groups is 10. The van der Waals surface area contributed by atoms with Gasteiger partial charge in [0.05, 0.1) is 45.2 Å². The fraction of sp³-hybridized carbons (Fsp3) is 0.324. The van der Waals surface area contributed by atoms with Gasteiger partial charge in [-0.2, -0.15) is 0 Å². The molecular weight excluding hydrogens is 1580 g/mol. The SMILES string of the molecule is COC(=O)c1cc(O)cc(O)c1.COC(=O)c1cc(OCc2cc(SC)cc(SC)c2)cc(OCc2cc(SC)cc(SC)c2)c1.COCCOOCCOC.CSc1cc(CBr)cc(SC)c1.CSc1cc(COc2cc(CO)cc(OCc3cc(SC)cc(SC)c3)c2)cc(SC)c1.[AlH2].[Na]. The van der Waals surface area contributed by atoms with Gasteiger partial charge in [0.25, 0.3) is 0 Å². The fourth-order valence-electron chi connectivity index (χ4n) is 8.46. The second kappa shape index (κ2) is 55.3. The van der Waals surface area contributed by atoms with Crippen molar-refractivity contribution in [2.75, 3.05) is 117 Å². The summed E-state index contributed by atoms with van der Waals surface area (Å²) in [6.45, 7) is 3.65. The van der Waals surface area contributed by atoms with Gasteiger partial charge in [0.15, 0.2) is 0 Å². The normalized spacial score (nSPS) is 10.3. The Morgan fingerprint density at radius 1 is 0.333 bits per heavy atom. The molecule has 15 nitrogen and oxygen atoms in total. The third-order valence-electron chi connectivity index (χ3n) is 13.4. The molecule has 0 fully saturated rings. The van der Waals surface area contributed by atoms with Crippen molar-refractivity contribution in [2.45, 2.75) is 87.3 Å². The van der Waals surface area contributed by atoms with E-state index < -0.39 is 11.9 Å². The number of aromatic hydroxyl groups is 2. The Morgan fingerprint density at radius 3 is 0.804 bits per heavy atom. The number of halogens is 1. The third kappa shape index (κ3) is 36.6. The van der Waals surface area contributed by atoms with Crippen LogP contribution in [-0.2, 0) is 67.1 Å². The summed E-state index contributed by atoms with van der Waals surface area (Å²) in [7, 11) is 5.81. The van der Waals surface area contributed by atoms with Gasteiger partial charge in [-0.25, -0.2) is 19.4 Å². The first-order valence-electron chi connectivity index (χ1n) is 30.4. The van der Waals surface area contributed by atoms with Crippen LogP contribution in [0.4, 0.5) is 0 Å². The van der Waals surface area contributed by atoms with E-state index in [4.69, 9.17) is 43.4 Å². The minimum atomic E-state index is -0.596. The molecular formula is C74H91AlBrNaO15S10. The van der Waals surface area contributed by atoms with Gasteiger partial charge < -0.3 is 53.2 Å². The Hall–Kier alpha value is -3.19. The van der Waals surface area contributed by atoms with Crippen LogP contribution in [0.1, 0.15) is 54.1 Å². The molecule has 0 aliphatic carbocycles. The summed E-state index contributed by atoms with van der Waals surface area (Å²) in [6, 6.07) is 46.8. The van der Waals surface area contributed by atoms with Gasteiger partial charge in [0.1, 0.15) is 91.5 Å². The maximum Gasteiger partial charge on any atom is 0.338 e. The van der Waals surface area contributed by atoms with Crippen molar-refractivity contribution in [2.24, 2.45) is 0 Å². The van der Waals surface area contributed by atoms with E-state index >= 15 is 0 Å². The fourth-order valence-corrected chi connectivity index (χ4v) is 14.3. The third-order valence-corrected chi connectivity index (χ3v) is 21.1. The van der Waals surface area contributed by atoms with Crippen LogP contribution in [0.3, 0.4) is 0 Å². The number of carbonyl (C=O) groups is 2. The summed E-state index contributed by atoms with van der Waals surface area (Å²) in [5, 5.41) is 28.6. The molecule has 102 heavy (non-hydrogen) atoms. The first-order valence-corrected chi connectivity index (χ1v) is 43.7. The minimum Gasteiger partial charge on any atom is -0.508 e. The second-order valence-electron chi connectivity index (χ2n) is 20.4. The molecule has 0 aliphatic rings. The zero-order valence-corrected chi connectivity index (χ0v) is 74.4. The average molecular weight is 1670 g/mol. The summed E-state index contributed by atoms with van der Waals surface area (Å²) in [4.78, 5) is 44.8. The Kier molecular flexibility index (Phi) is 51.4. The molecule has 2 radical (unpaired) electrons. The number of ether oxygens (including phenoxy) is 8. The summed E-state index contributed by atoms with van der Waals surface area (Å²) in [6.07, 6.45) is 20.8. The molecule has 0 spiro atoms. The van der Waals surface area contributed by atoms with Crippen LogP contribution in [0.25, 0.3) is 0 Å². The van der Waals surface area contributed by atoms with E-state index in [0.29, 0.717) is 81.4 Å². The van der Waals surface area contributed by atoms with Crippen molar-refractivity contribution < 1.29 is 72.6 Å². The van der Waals surface area contributed by atoms with Crippen molar-refractivity contribution in [1.82, 2.24) is 0 Å². The van der Waals surface area contributed by atoms with E-state index in [2.05, 4.69) is 184 Å². The maximum absolute atomic E-state index is 12.3. The molecule has 0 aliphatic heterocycles.